The van der Waals surface area contributed by atoms with Gasteiger partial charge in [-0.15, -0.1) is 0 Å². The number of hydrogen-bond donors (Lipinski definition) is 1. The third-order valence-electron chi connectivity index (χ3n) is 4.41. The van der Waals surface area contributed by atoms with Crippen LogP contribution in [0.3, 0.4) is 0 Å². The van der Waals surface area contributed by atoms with Gasteiger partial charge in [0.1, 0.15) is 12.2 Å². The maximum atomic E-state index is 13.1. The van der Waals surface area contributed by atoms with Crippen molar-refractivity contribution in [2.45, 2.75) is 45.1 Å². The maximum absolute atomic E-state index is 13.1. The van der Waals surface area contributed by atoms with Crippen LogP contribution in [-0.2, 0) is 16.8 Å². The maximum Gasteiger partial charge on any atom is 0.325 e. The van der Waals surface area contributed by atoms with Crippen molar-refractivity contribution in [3.05, 3.63) is 41.4 Å². The summed E-state index contributed by atoms with van der Waals surface area (Å²) in [5, 5.41) is 16.7. The first-order chi connectivity index (χ1) is 12.3. The van der Waals surface area contributed by atoms with Crippen LogP contribution in [0.4, 0.5) is 8.78 Å². The largest absolute Gasteiger partial charge is 0.480 e. The first-order valence-electron chi connectivity index (χ1n) is 8.03. The lowest BCUT2D eigenvalue weighted by Gasteiger charge is -2.15. The van der Waals surface area contributed by atoms with Crippen LogP contribution in [-0.4, -0.2) is 31.0 Å². The van der Waals surface area contributed by atoms with Crippen molar-refractivity contribution in [2.75, 3.05) is 0 Å². The third kappa shape index (κ3) is 3.04. The summed E-state index contributed by atoms with van der Waals surface area (Å²) in [6, 6.07) is 1.07. The van der Waals surface area contributed by atoms with E-state index in [1.54, 1.807) is 0 Å². The van der Waals surface area contributed by atoms with Crippen molar-refractivity contribution >= 4 is 5.97 Å². The first-order valence-corrected chi connectivity index (χ1v) is 8.03. The first kappa shape index (κ1) is 18.0. The Kier molecular flexibility index (Phi) is 4.47. The number of carboxylic acid groups (broad SMARTS) is 1. The molecule has 26 heavy (non-hydrogen) atoms. The highest BCUT2D eigenvalue weighted by atomic mass is 19.3. The van der Waals surface area contributed by atoms with Gasteiger partial charge in [0.25, 0.3) is 12.3 Å². The number of aliphatic carboxylic acids is 1. The van der Waals surface area contributed by atoms with Crippen molar-refractivity contribution < 1.29 is 23.2 Å². The van der Waals surface area contributed by atoms with Crippen molar-refractivity contribution in [1.29, 1.82) is 0 Å². The SMILES string of the molecule is C=C(C)/C(=C\C)C1(c2noc(-c3cc(C(F)F)n(CC(=O)O)n3)n2)CC1. The van der Waals surface area contributed by atoms with Crippen molar-refractivity contribution in [2.24, 2.45) is 0 Å². The summed E-state index contributed by atoms with van der Waals surface area (Å²) in [5.74, 6) is -0.839. The normalized spacial score (nSPS) is 16.1. The smallest absolute Gasteiger partial charge is 0.325 e. The fraction of sp³-hybridized carbons (Fsp3) is 0.412. The van der Waals surface area contributed by atoms with Crippen LogP contribution in [0.1, 0.15) is 44.6 Å². The summed E-state index contributed by atoms with van der Waals surface area (Å²) < 4.78 is 32.2. The number of carbonyl (C=O) groups is 1. The summed E-state index contributed by atoms with van der Waals surface area (Å²) in [7, 11) is 0. The molecule has 0 atom stereocenters. The van der Waals surface area contributed by atoms with E-state index >= 15 is 0 Å². The van der Waals surface area contributed by atoms with Crippen LogP contribution in [0.25, 0.3) is 11.6 Å². The lowest BCUT2D eigenvalue weighted by Crippen LogP contribution is -2.13. The highest BCUT2D eigenvalue weighted by Gasteiger charge is 2.51. The molecular weight excluding hydrogens is 346 g/mol. The summed E-state index contributed by atoms with van der Waals surface area (Å²) in [6.07, 6.45) is 0.774. The second-order valence-electron chi connectivity index (χ2n) is 6.29. The molecule has 1 aliphatic rings. The number of allylic oxidation sites excluding steroid dienone is 3. The van der Waals surface area contributed by atoms with E-state index in [1.807, 2.05) is 19.9 Å². The molecular formula is C17H18F2N4O3. The van der Waals surface area contributed by atoms with Gasteiger partial charge in [0, 0.05) is 0 Å². The monoisotopic (exact) mass is 364 g/mol. The van der Waals surface area contributed by atoms with Gasteiger partial charge in [0.05, 0.1) is 5.41 Å². The molecule has 1 aliphatic carbocycles. The zero-order valence-corrected chi connectivity index (χ0v) is 14.4. The fourth-order valence-corrected chi connectivity index (χ4v) is 3.16. The number of carboxylic acids is 1. The molecule has 9 heteroatoms. The van der Waals surface area contributed by atoms with Crippen molar-refractivity contribution in [3.63, 3.8) is 0 Å². The van der Waals surface area contributed by atoms with Gasteiger partial charge >= 0.3 is 5.97 Å². The van der Waals surface area contributed by atoms with Crippen molar-refractivity contribution in [1.82, 2.24) is 19.9 Å². The predicted molar refractivity (Wildman–Crippen MR) is 87.6 cm³/mol. The molecule has 0 unspecified atom stereocenters. The quantitative estimate of drug-likeness (QED) is 0.756. The summed E-state index contributed by atoms with van der Waals surface area (Å²) in [4.78, 5) is 15.2. The summed E-state index contributed by atoms with van der Waals surface area (Å²) in [6.45, 7) is 7.11. The van der Waals surface area contributed by atoms with Crippen molar-refractivity contribution in [3.8, 4) is 11.6 Å². The molecule has 0 bridgehead atoms. The van der Waals surface area contributed by atoms with Crippen LogP contribution in [0.15, 0.2) is 34.4 Å². The van der Waals surface area contributed by atoms with Crippen LogP contribution < -0.4 is 0 Å². The van der Waals surface area contributed by atoms with E-state index in [1.165, 1.54) is 0 Å². The predicted octanol–water partition coefficient (Wildman–Crippen LogP) is 3.51. The molecule has 138 valence electrons. The van der Waals surface area contributed by atoms with Gasteiger partial charge in [0.2, 0.25) is 0 Å². The lowest BCUT2D eigenvalue weighted by atomic mass is 9.90. The van der Waals surface area contributed by atoms with E-state index in [4.69, 9.17) is 9.63 Å². The number of aromatic nitrogens is 4. The van der Waals surface area contributed by atoms with Crippen LogP contribution in [0, 0.1) is 0 Å². The highest BCUT2D eigenvalue weighted by Crippen LogP contribution is 2.54. The van der Waals surface area contributed by atoms with Gasteiger partial charge in [-0.05, 0) is 38.3 Å². The number of halogens is 2. The average Bonchev–Trinajstić information content (AvgIpc) is 3.01. The molecule has 1 fully saturated rings. The minimum atomic E-state index is -2.87. The molecule has 7 nitrogen and oxygen atoms in total. The average molecular weight is 364 g/mol. The van der Waals surface area contributed by atoms with E-state index in [9.17, 15) is 13.6 Å². The Morgan fingerprint density at radius 1 is 1.54 bits per heavy atom. The molecule has 1 saturated carbocycles. The molecule has 1 N–H and O–H groups in total. The Labute approximate surface area is 148 Å². The zero-order valence-electron chi connectivity index (χ0n) is 14.4. The van der Waals surface area contributed by atoms with Gasteiger partial charge in [-0.3, -0.25) is 9.48 Å². The molecule has 0 amide bonds. The number of nitrogens with zero attached hydrogens (tertiary/aromatic N) is 4. The molecule has 0 spiro atoms. The summed E-state index contributed by atoms with van der Waals surface area (Å²) >= 11 is 0. The van der Waals surface area contributed by atoms with E-state index in [2.05, 4.69) is 21.8 Å². The topological polar surface area (TPSA) is 94.0 Å². The molecule has 0 aliphatic heterocycles. The number of alkyl halides is 2. The second kappa shape index (κ2) is 6.47. The molecule has 0 saturated heterocycles. The van der Waals surface area contributed by atoms with Crippen LogP contribution in [0.5, 0.6) is 0 Å². The Hall–Kier alpha value is -2.84. The molecule has 2 heterocycles. The van der Waals surface area contributed by atoms with Gasteiger partial charge in [-0.1, -0.05) is 23.4 Å². The van der Waals surface area contributed by atoms with Gasteiger partial charge < -0.3 is 9.63 Å². The van der Waals surface area contributed by atoms with Gasteiger partial charge in [-0.2, -0.15) is 10.1 Å². The lowest BCUT2D eigenvalue weighted by molar-refractivity contribution is -0.138. The minimum absolute atomic E-state index is 0.0190. The third-order valence-corrected chi connectivity index (χ3v) is 4.41. The summed E-state index contributed by atoms with van der Waals surface area (Å²) in [5.41, 5.74) is 1.07. The number of hydrogen-bond acceptors (Lipinski definition) is 5. The molecule has 0 radical (unpaired) electrons. The van der Waals surface area contributed by atoms with E-state index in [0.717, 1.165) is 34.7 Å². The Bertz CT molecular complexity index is 894. The standard InChI is InChI=1S/C17H18F2N4O3/c1-4-10(9(2)3)17(5-6-17)16-20-15(26-22-16)11-7-12(14(18)19)23(21-11)8-13(24)25/h4,7,14H,2,5-6,8H2,1,3H3,(H,24,25)/b10-4+. The Morgan fingerprint density at radius 3 is 2.73 bits per heavy atom. The Balaban J connectivity index is 1.96. The molecule has 3 rings (SSSR count). The molecule has 2 aromatic heterocycles. The van der Waals surface area contributed by atoms with Crippen LogP contribution >= 0.6 is 0 Å². The van der Waals surface area contributed by atoms with E-state index in [-0.39, 0.29) is 17.0 Å². The van der Waals surface area contributed by atoms with E-state index < -0.39 is 24.6 Å². The zero-order chi connectivity index (χ0) is 19.1. The molecule has 0 aromatic carbocycles. The molecule has 2 aromatic rings. The highest BCUT2D eigenvalue weighted by molar-refractivity contribution is 5.66. The minimum Gasteiger partial charge on any atom is -0.480 e. The van der Waals surface area contributed by atoms with E-state index in [0.29, 0.717) is 5.82 Å². The van der Waals surface area contributed by atoms with Gasteiger partial charge in [0.15, 0.2) is 11.5 Å². The Morgan fingerprint density at radius 2 is 2.23 bits per heavy atom. The van der Waals surface area contributed by atoms with Gasteiger partial charge in [-0.25, -0.2) is 8.78 Å². The second-order valence-corrected chi connectivity index (χ2v) is 6.29. The number of rotatable bonds is 7. The fourth-order valence-electron chi connectivity index (χ4n) is 3.16. The van der Waals surface area contributed by atoms with Crippen LogP contribution in [0.2, 0.25) is 0 Å².